The van der Waals surface area contributed by atoms with Crippen molar-refractivity contribution in [2.24, 2.45) is 5.92 Å². The molecule has 6 nitrogen and oxygen atoms in total. The maximum absolute atomic E-state index is 12.8. The van der Waals surface area contributed by atoms with Gasteiger partial charge in [0.1, 0.15) is 5.75 Å². The van der Waals surface area contributed by atoms with Crippen molar-refractivity contribution in [3.63, 3.8) is 0 Å². The van der Waals surface area contributed by atoms with Gasteiger partial charge < -0.3 is 4.74 Å². The molecule has 26 heavy (non-hydrogen) atoms. The van der Waals surface area contributed by atoms with Crippen LogP contribution in [0.1, 0.15) is 49.9 Å². The molecule has 0 N–H and O–H groups in total. The molecule has 2 rings (SSSR count). The Morgan fingerprint density at radius 1 is 1.12 bits per heavy atom. The topological polar surface area (TPSA) is 66.9 Å². The molecule has 0 aromatic heterocycles. The second kappa shape index (κ2) is 9.48. The normalized spacial score (nSPS) is 16.8. The smallest absolute Gasteiger partial charge is 0.281 e. The molecule has 0 saturated carbocycles. The average molecular weight is 383 g/mol. The Morgan fingerprint density at radius 3 is 2.12 bits per heavy atom. The summed E-state index contributed by atoms with van der Waals surface area (Å²) in [5.74, 6) is 0.679. The van der Waals surface area contributed by atoms with Gasteiger partial charge in [0.15, 0.2) is 5.78 Å². The molecule has 146 valence electrons. The fourth-order valence-corrected chi connectivity index (χ4v) is 5.17. The number of piperidine rings is 1. The van der Waals surface area contributed by atoms with Crippen molar-refractivity contribution in [1.82, 2.24) is 8.61 Å². The number of ether oxygens (including phenoxy) is 1. The summed E-state index contributed by atoms with van der Waals surface area (Å²) in [4.78, 5) is 12.7. The van der Waals surface area contributed by atoms with Crippen molar-refractivity contribution >= 4 is 16.0 Å². The SMILES string of the molecule is CCCN(CCC)S(=O)(=O)N1CCC(C(=O)c2ccc(OC)cc2)CC1. The van der Waals surface area contributed by atoms with Crippen molar-refractivity contribution < 1.29 is 17.9 Å². The van der Waals surface area contributed by atoms with E-state index in [9.17, 15) is 13.2 Å². The van der Waals surface area contributed by atoms with Crippen LogP contribution in [0, 0.1) is 5.92 Å². The third-order valence-electron chi connectivity index (χ3n) is 4.80. The first-order valence-electron chi connectivity index (χ1n) is 9.37. The molecule has 0 atom stereocenters. The zero-order valence-electron chi connectivity index (χ0n) is 16.0. The Balaban J connectivity index is 1.99. The monoisotopic (exact) mass is 382 g/mol. The van der Waals surface area contributed by atoms with Crippen LogP contribution >= 0.6 is 0 Å². The van der Waals surface area contributed by atoms with E-state index in [-0.39, 0.29) is 11.7 Å². The molecule has 0 unspecified atom stereocenters. The molecule has 1 aromatic rings. The molecule has 0 aliphatic carbocycles. The van der Waals surface area contributed by atoms with Gasteiger partial charge in [0.05, 0.1) is 7.11 Å². The molecule has 1 fully saturated rings. The zero-order chi connectivity index (χ0) is 19.2. The minimum atomic E-state index is -3.43. The number of hydrogen-bond donors (Lipinski definition) is 0. The lowest BCUT2D eigenvalue weighted by Gasteiger charge is -2.34. The van der Waals surface area contributed by atoms with Crippen molar-refractivity contribution in [3.8, 4) is 5.75 Å². The Morgan fingerprint density at radius 2 is 1.65 bits per heavy atom. The van der Waals surface area contributed by atoms with Crippen LogP contribution < -0.4 is 4.74 Å². The van der Waals surface area contributed by atoms with Crippen molar-refractivity contribution in [2.45, 2.75) is 39.5 Å². The van der Waals surface area contributed by atoms with Gasteiger partial charge >= 0.3 is 0 Å². The highest BCUT2D eigenvalue weighted by molar-refractivity contribution is 7.86. The lowest BCUT2D eigenvalue weighted by atomic mass is 9.89. The van der Waals surface area contributed by atoms with Crippen molar-refractivity contribution in [2.75, 3.05) is 33.3 Å². The average Bonchev–Trinajstić information content (AvgIpc) is 2.67. The Bertz CT molecular complexity index is 674. The highest BCUT2D eigenvalue weighted by Crippen LogP contribution is 2.25. The van der Waals surface area contributed by atoms with Crippen molar-refractivity contribution in [3.05, 3.63) is 29.8 Å². The number of carbonyl (C=O) groups excluding carboxylic acids is 1. The summed E-state index contributed by atoms with van der Waals surface area (Å²) in [7, 11) is -1.84. The molecular formula is C19H30N2O4S. The minimum absolute atomic E-state index is 0.0867. The van der Waals surface area contributed by atoms with E-state index in [2.05, 4.69) is 0 Å². The number of benzene rings is 1. The van der Waals surface area contributed by atoms with E-state index in [1.54, 1.807) is 35.7 Å². The summed E-state index contributed by atoms with van der Waals surface area (Å²) in [6.07, 6.45) is 2.73. The van der Waals surface area contributed by atoms with Crippen LogP contribution in [0.5, 0.6) is 5.75 Å². The van der Waals surface area contributed by atoms with Gasteiger partial charge in [-0.25, -0.2) is 0 Å². The fraction of sp³-hybridized carbons (Fsp3) is 0.632. The van der Waals surface area contributed by atoms with Crippen LogP contribution in [-0.2, 0) is 10.2 Å². The summed E-state index contributed by atoms with van der Waals surface area (Å²) < 4.78 is 33.9. The van der Waals surface area contributed by atoms with E-state index < -0.39 is 10.2 Å². The highest BCUT2D eigenvalue weighted by atomic mass is 32.2. The first-order chi connectivity index (χ1) is 12.4. The van der Waals surface area contributed by atoms with Gasteiger partial charge in [0.2, 0.25) is 0 Å². The molecule has 1 aromatic carbocycles. The second-order valence-corrected chi connectivity index (χ2v) is 8.60. The van der Waals surface area contributed by atoms with Crippen LogP contribution in [-0.4, -0.2) is 56.1 Å². The summed E-state index contributed by atoms with van der Waals surface area (Å²) in [5, 5.41) is 0. The van der Waals surface area contributed by atoms with E-state index in [1.807, 2.05) is 13.8 Å². The lowest BCUT2D eigenvalue weighted by Crippen LogP contribution is -2.48. The quantitative estimate of drug-likeness (QED) is 0.616. The van der Waals surface area contributed by atoms with Crippen LogP contribution in [0.25, 0.3) is 0 Å². The van der Waals surface area contributed by atoms with Crippen LogP contribution in [0.4, 0.5) is 0 Å². The summed E-state index contributed by atoms with van der Waals surface area (Å²) in [5.41, 5.74) is 0.658. The Labute approximate surface area is 157 Å². The van der Waals surface area contributed by atoms with Gasteiger partial charge in [-0.05, 0) is 49.9 Å². The number of Topliss-reactive ketones (excluding diaryl/α,β-unsaturated/α-hetero) is 1. The summed E-state index contributed by atoms with van der Waals surface area (Å²) in [6.45, 7) is 5.86. The molecule has 1 heterocycles. The first kappa shape index (κ1) is 20.9. The number of nitrogens with zero attached hydrogens (tertiary/aromatic N) is 2. The van der Waals surface area contributed by atoms with E-state index >= 15 is 0 Å². The zero-order valence-corrected chi connectivity index (χ0v) is 16.8. The van der Waals surface area contributed by atoms with E-state index in [0.717, 1.165) is 18.6 Å². The standard InChI is InChI=1S/C19H30N2O4S/c1-4-12-20(13-5-2)26(23,24)21-14-10-17(11-15-21)19(22)16-6-8-18(25-3)9-7-16/h6-9,17H,4-5,10-15H2,1-3H3. The van der Waals surface area contributed by atoms with Crippen LogP contribution in [0.3, 0.4) is 0 Å². The Hall–Kier alpha value is -1.44. The number of carbonyl (C=O) groups is 1. The largest absolute Gasteiger partial charge is 0.497 e. The van der Waals surface area contributed by atoms with Gasteiger partial charge in [-0.1, -0.05) is 13.8 Å². The molecule has 1 saturated heterocycles. The second-order valence-electron chi connectivity index (χ2n) is 6.67. The van der Waals surface area contributed by atoms with E-state index in [1.165, 1.54) is 4.31 Å². The molecule has 0 amide bonds. The maximum atomic E-state index is 12.8. The number of methoxy groups -OCH3 is 1. The van der Waals surface area contributed by atoms with Crippen LogP contribution in [0.15, 0.2) is 24.3 Å². The molecule has 0 bridgehead atoms. The third kappa shape index (κ3) is 4.84. The van der Waals surface area contributed by atoms with Gasteiger partial charge in [-0.15, -0.1) is 0 Å². The molecule has 0 spiro atoms. The molecule has 1 aliphatic rings. The van der Waals surface area contributed by atoms with Gasteiger partial charge in [-0.3, -0.25) is 4.79 Å². The van der Waals surface area contributed by atoms with Gasteiger partial charge in [-0.2, -0.15) is 17.0 Å². The third-order valence-corrected chi connectivity index (χ3v) is 6.83. The summed E-state index contributed by atoms with van der Waals surface area (Å²) >= 11 is 0. The molecule has 0 radical (unpaired) electrons. The first-order valence-corrected chi connectivity index (χ1v) is 10.8. The fourth-order valence-electron chi connectivity index (χ4n) is 3.34. The molecule has 7 heteroatoms. The van der Waals surface area contributed by atoms with Gasteiger partial charge in [0.25, 0.3) is 10.2 Å². The maximum Gasteiger partial charge on any atom is 0.281 e. The van der Waals surface area contributed by atoms with Gasteiger partial charge in [0, 0.05) is 37.7 Å². The van der Waals surface area contributed by atoms with E-state index in [4.69, 9.17) is 4.74 Å². The minimum Gasteiger partial charge on any atom is -0.497 e. The highest BCUT2D eigenvalue weighted by Gasteiger charge is 2.34. The van der Waals surface area contributed by atoms with E-state index in [0.29, 0.717) is 44.6 Å². The van der Waals surface area contributed by atoms with Crippen LogP contribution in [0.2, 0.25) is 0 Å². The molecular weight excluding hydrogens is 352 g/mol. The molecule has 1 aliphatic heterocycles. The number of hydrogen-bond acceptors (Lipinski definition) is 4. The number of rotatable bonds is 9. The predicted octanol–water partition coefficient (Wildman–Crippen LogP) is 2.96. The summed E-state index contributed by atoms with van der Waals surface area (Å²) in [6, 6.07) is 7.10. The number of ketones is 1. The Kier molecular flexibility index (Phi) is 7.61. The lowest BCUT2D eigenvalue weighted by molar-refractivity contribution is 0.0873. The predicted molar refractivity (Wildman–Crippen MR) is 103 cm³/mol. The van der Waals surface area contributed by atoms with Crippen molar-refractivity contribution in [1.29, 1.82) is 0 Å².